The van der Waals surface area contributed by atoms with E-state index in [1.807, 2.05) is 13.8 Å². The van der Waals surface area contributed by atoms with Crippen molar-refractivity contribution in [2.24, 2.45) is 11.7 Å². The van der Waals surface area contributed by atoms with Crippen LogP contribution in [0, 0.1) is 5.92 Å². The molecule has 1 saturated heterocycles. The van der Waals surface area contributed by atoms with Crippen LogP contribution in [-0.4, -0.2) is 80.1 Å². The molecule has 0 bridgehead atoms. The summed E-state index contributed by atoms with van der Waals surface area (Å²) < 4.78 is 5.09. The lowest BCUT2D eigenvalue weighted by atomic mass is 10.1. The van der Waals surface area contributed by atoms with Gasteiger partial charge in [-0.15, -0.1) is 0 Å². The third kappa shape index (κ3) is 5.55. The van der Waals surface area contributed by atoms with Gasteiger partial charge < -0.3 is 20.7 Å². The van der Waals surface area contributed by atoms with Gasteiger partial charge in [-0.05, 0) is 12.8 Å². The number of methoxy groups -OCH3 is 1. The van der Waals surface area contributed by atoms with Gasteiger partial charge in [0.2, 0.25) is 11.8 Å². The molecule has 0 spiro atoms. The third-order valence-electron chi connectivity index (χ3n) is 4.14. The maximum Gasteiger partial charge on any atom is 0.242 e. The van der Waals surface area contributed by atoms with E-state index in [-0.39, 0.29) is 24.3 Å². The molecule has 1 unspecified atom stereocenters. The van der Waals surface area contributed by atoms with Crippen LogP contribution >= 0.6 is 0 Å². The van der Waals surface area contributed by atoms with Gasteiger partial charge >= 0.3 is 0 Å². The second-order valence-electron chi connectivity index (χ2n) is 6.21. The first kappa shape index (κ1) is 18.9. The Morgan fingerprint density at radius 1 is 1.36 bits per heavy atom. The van der Waals surface area contributed by atoms with Gasteiger partial charge in [-0.25, -0.2) is 0 Å². The van der Waals surface area contributed by atoms with Crippen molar-refractivity contribution in [1.82, 2.24) is 15.1 Å². The highest BCUT2D eigenvalue weighted by Crippen LogP contribution is 2.09. The normalized spacial score (nSPS) is 21.0. The Hall–Kier alpha value is -1.18. The zero-order valence-electron chi connectivity index (χ0n) is 14.2. The minimum atomic E-state index is -0.572. The van der Waals surface area contributed by atoms with Crippen molar-refractivity contribution in [3.8, 4) is 0 Å². The molecular weight excluding hydrogens is 284 g/mol. The molecule has 1 aliphatic heterocycles. The summed E-state index contributed by atoms with van der Waals surface area (Å²) in [5.74, 6) is -0.267. The van der Waals surface area contributed by atoms with Gasteiger partial charge in [0, 0.05) is 39.3 Å². The first-order chi connectivity index (χ1) is 10.4. The Morgan fingerprint density at radius 3 is 2.59 bits per heavy atom. The summed E-state index contributed by atoms with van der Waals surface area (Å²) in [4.78, 5) is 28.1. The number of ether oxygens (including phenoxy) is 1. The van der Waals surface area contributed by atoms with Gasteiger partial charge in [-0.2, -0.15) is 0 Å². The van der Waals surface area contributed by atoms with Crippen LogP contribution in [-0.2, 0) is 14.3 Å². The summed E-state index contributed by atoms with van der Waals surface area (Å²) in [6, 6.07) is -0.279. The minimum Gasteiger partial charge on any atom is -0.383 e. The second-order valence-corrected chi connectivity index (χ2v) is 6.21. The summed E-state index contributed by atoms with van der Waals surface area (Å²) >= 11 is 0. The van der Waals surface area contributed by atoms with Crippen LogP contribution in [0.25, 0.3) is 0 Å². The highest BCUT2D eigenvalue weighted by molar-refractivity contribution is 5.87. The van der Waals surface area contributed by atoms with Gasteiger partial charge in [0.1, 0.15) is 0 Å². The van der Waals surface area contributed by atoms with Crippen LogP contribution in [0.5, 0.6) is 0 Å². The smallest absolute Gasteiger partial charge is 0.242 e. The van der Waals surface area contributed by atoms with E-state index in [2.05, 4.69) is 17.1 Å². The molecule has 128 valence electrons. The molecule has 0 aliphatic carbocycles. The lowest BCUT2D eigenvalue weighted by molar-refractivity contribution is -0.135. The van der Waals surface area contributed by atoms with E-state index in [9.17, 15) is 9.59 Å². The molecule has 7 nitrogen and oxygen atoms in total. The highest BCUT2D eigenvalue weighted by atomic mass is 16.5. The fraction of sp³-hybridized carbons (Fsp3) is 0.867. The average Bonchev–Trinajstić information content (AvgIpc) is 2.50. The number of hydrogen-bond donors (Lipinski definition) is 2. The molecule has 22 heavy (non-hydrogen) atoms. The summed E-state index contributed by atoms with van der Waals surface area (Å²) in [5.41, 5.74) is 5.76. The molecule has 1 rings (SSSR count). The largest absolute Gasteiger partial charge is 0.383 e. The van der Waals surface area contributed by atoms with Crippen molar-refractivity contribution < 1.29 is 14.3 Å². The van der Waals surface area contributed by atoms with Crippen LogP contribution in [0.4, 0.5) is 0 Å². The summed E-state index contributed by atoms with van der Waals surface area (Å²) in [5, 5.41) is 2.63. The maximum atomic E-state index is 12.2. The Bertz CT molecular complexity index is 376. The van der Waals surface area contributed by atoms with Crippen molar-refractivity contribution in [3.63, 3.8) is 0 Å². The van der Waals surface area contributed by atoms with Crippen LogP contribution in [0.15, 0.2) is 0 Å². The Balaban J connectivity index is 2.37. The predicted octanol–water partition coefficient (Wildman–Crippen LogP) is -0.735. The first-order valence-corrected chi connectivity index (χ1v) is 7.90. The van der Waals surface area contributed by atoms with E-state index in [1.165, 1.54) is 0 Å². The van der Waals surface area contributed by atoms with Crippen molar-refractivity contribution >= 4 is 11.8 Å². The number of rotatable bonds is 7. The lowest BCUT2D eigenvalue weighted by Gasteiger charge is -2.39. The van der Waals surface area contributed by atoms with E-state index >= 15 is 0 Å². The molecule has 0 saturated carbocycles. The molecule has 1 aliphatic rings. The molecule has 7 heteroatoms. The molecule has 0 aromatic carbocycles. The SMILES string of the molecule is COCCN1CCN(C(=O)CNC(=O)[C@@H](N)C(C)C)CC1C. The highest BCUT2D eigenvalue weighted by Gasteiger charge is 2.27. The molecule has 1 heterocycles. The van der Waals surface area contributed by atoms with Crippen molar-refractivity contribution in [3.05, 3.63) is 0 Å². The minimum absolute atomic E-state index is 0.0179. The van der Waals surface area contributed by atoms with E-state index in [0.717, 1.165) is 13.1 Å². The van der Waals surface area contributed by atoms with Crippen LogP contribution in [0.3, 0.4) is 0 Å². The van der Waals surface area contributed by atoms with Crippen LogP contribution in [0.2, 0.25) is 0 Å². The number of hydrogen-bond acceptors (Lipinski definition) is 5. The van der Waals surface area contributed by atoms with E-state index in [1.54, 1.807) is 12.0 Å². The molecule has 0 radical (unpaired) electrons. The van der Waals surface area contributed by atoms with Crippen molar-refractivity contribution in [1.29, 1.82) is 0 Å². The van der Waals surface area contributed by atoms with Gasteiger partial charge in [-0.1, -0.05) is 13.8 Å². The molecule has 0 aromatic rings. The van der Waals surface area contributed by atoms with E-state index < -0.39 is 6.04 Å². The fourth-order valence-corrected chi connectivity index (χ4v) is 2.46. The second kappa shape index (κ2) is 9.07. The summed E-state index contributed by atoms with van der Waals surface area (Å²) in [6.07, 6.45) is 0. The molecule has 0 aromatic heterocycles. The molecule has 1 fully saturated rings. The van der Waals surface area contributed by atoms with E-state index in [4.69, 9.17) is 10.5 Å². The van der Waals surface area contributed by atoms with Gasteiger partial charge in [0.05, 0.1) is 19.2 Å². The van der Waals surface area contributed by atoms with Gasteiger partial charge in [-0.3, -0.25) is 14.5 Å². The maximum absolute atomic E-state index is 12.2. The molecule has 2 atom stereocenters. The van der Waals surface area contributed by atoms with Crippen LogP contribution in [0.1, 0.15) is 20.8 Å². The van der Waals surface area contributed by atoms with Gasteiger partial charge in [0.15, 0.2) is 0 Å². The standard InChI is InChI=1S/C15H30N4O3/c1-11(2)14(16)15(21)17-9-13(20)19-6-5-18(7-8-22-4)12(3)10-19/h11-12,14H,5-10,16H2,1-4H3,(H,17,21)/t12?,14-/m0/s1. The number of nitrogens with one attached hydrogen (secondary N) is 1. The predicted molar refractivity (Wildman–Crippen MR) is 85.3 cm³/mol. The Labute approximate surface area is 133 Å². The van der Waals surface area contributed by atoms with Crippen molar-refractivity contribution in [2.45, 2.75) is 32.9 Å². The number of piperazine rings is 1. The van der Waals surface area contributed by atoms with E-state index in [0.29, 0.717) is 25.7 Å². The van der Waals surface area contributed by atoms with Gasteiger partial charge in [0.25, 0.3) is 0 Å². The molecular formula is C15H30N4O3. The number of nitrogens with zero attached hydrogens (tertiary/aromatic N) is 2. The van der Waals surface area contributed by atoms with Crippen LogP contribution < -0.4 is 11.1 Å². The fourth-order valence-electron chi connectivity index (χ4n) is 2.46. The average molecular weight is 314 g/mol. The monoisotopic (exact) mass is 314 g/mol. The van der Waals surface area contributed by atoms with Crippen molar-refractivity contribution in [2.75, 3.05) is 46.4 Å². The molecule has 2 amide bonds. The number of carbonyl (C=O) groups is 2. The summed E-state index contributed by atoms with van der Waals surface area (Å²) in [6.45, 7) is 9.64. The third-order valence-corrected chi connectivity index (χ3v) is 4.14. The zero-order valence-corrected chi connectivity index (χ0v) is 14.2. The summed E-state index contributed by atoms with van der Waals surface area (Å²) in [7, 11) is 1.69. The lowest BCUT2D eigenvalue weighted by Crippen LogP contribution is -2.56. The quantitative estimate of drug-likeness (QED) is 0.646. The Kier molecular flexibility index (Phi) is 7.78. The Morgan fingerprint density at radius 2 is 2.05 bits per heavy atom. The molecule has 3 N–H and O–H groups in total. The zero-order chi connectivity index (χ0) is 16.7. The number of amides is 2. The number of nitrogens with two attached hydrogens (primary N) is 1. The number of carbonyl (C=O) groups excluding carboxylic acids is 2. The first-order valence-electron chi connectivity index (χ1n) is 7.90. The topological polar surface area (TPSA) is 87.9 Å².